The van der Waals surface area contributed by atoms with Crippen LogP contribution in [-0.2, 0) is 14.3 Å². The highest BCUT2D eigenvalue weighted by Gasteiger charge is 2.59. The molecule has 7 heteroatoms. The van der Waals surface area contributed by atoms with Gasteiger partial charge in [-0.3, -0.25) is 4.79 Å². The van der Waals surface area contributed by atoms with Crippen LogP contribution in [0.25, 0.3) is 0 Å². The maximum atomic E-state index is 11.9. The van der Waals surface area contributed by atoms with Crippen LogP contribution in [-0.4, -0.2) is 64.6 Å². The van der Waals surface area contributed by atoms with Gasteiger partial charge in [-0.25, -0.2) is 0 Å². The minimum Gasteiger partial charge on any atom is -0.394 e. The number of ether oxygens (including phenoxy) is 2. The fourth-order valence-corrected chi connectivity index (χ4v) is 10.5. The third-order valence-corrected chi connectivity index (χ3v) is 12.8. The molecule has 4 aliphatic carbocycles. The van der Waals surface area contributed by atoms with Crippen molar-refractivity contribution < 1.29 is 29.6 Å². The van der Waals surface area contributed by atoms with E-state index in [1.165, 1.54) is 63.9 Å². The first-order valence-electron chi connectivity index (χ1n) is 17.1. The number of rotatable bonds is 9. The first-order chi connectivity index (χ1) is 19.9. The summed E-state index contributed by atoms with van der Waals surface area (Å²) in [4.78, 5) is 11.9. The molecule has 0 bridgehead atoms. The molecule has 0 radical (unpaired) electrons. The Labute approximate surface area is 254 Å². The molecule has 1 saturated heterocycles. The first-order valence-corrected chi connectivity index (χ1v) is 17.1. The van der Waals surface area contributed by atoms with Gasteiger partial charge >= 0.3 is 0 Å². The molecule has 1 aliphatic heterocycles. The lowest BCUT2D eigenvalue weighted by Gasteiger charge is -2.58. The summed E-state index contributed by atoms with van der Waals surface area (Å²) in [6.45, 7) is 13.3. The minimum atomic E-state index is -1.30. The van der Waals surface area contributed by atoms with Gasteiger partial charge in [0, 0.05) is 6.92 Å². The maximum absolute atomic E-state index is 11.9. The molecule has 5 aliphatic rings. The number of carbonyl (C=O) groups is 1. The molecule has 4 N–H and O–H groups in total. The van der Waals surface area contributed by atoms with Crippen molar-refractivity contribution in [2.24, 2.45) is 46.3 Å². The monoisotopic (exact) mass is 589 g/mol. The Morgan fingerprint density at radius 3 is 2.52 bits per heavy atom. The van der Waals surface area contributed by atoms with Crippen LogP contribution in [0.5, 0.6) is 0 Å². The predicted octanol–water partition coefficient (Wildman–Crippen LogP) is 5.36. The van der Waals surface area contributed by atoms with Crippen LogP contribution in [0.4, 0.5) is 0 Å². The molecule has 3 saturated carbocycles. The van der Waals surface area contributed by atoms with E-state index < -0.39 is 37.3 Å². The van der Waals surface area contributed by atoms with Crippen molar-refractivity contribution in [3.8, 4) is 0 Å². The number of fused-ring (bicyclic) bond motifs is 5. The fraction of sp³-hybridized carbons (Fsp3) is 0.914. The predicted molar refractivity (Wildman–Crippen MR) is 163 cm³/mol. The summed E-state index contributed by atoms with van der Waals surface area (Å²) in [6.07, 6.45) is 11.5. The van der Waals surface area contributed by atoms with E-state index in [0.717, 1.165) is 54.8 Å². The molecule has 42 heavy (non-hydrogen) atoms. The second-order valence-corrected chi connectivity index (χ2v) is 15.7. The number of aliphatic hydroxyl groups excluding tert-OH is 3. The van der Waals surface area contributed by atoms with Gasteiger partial charge in [0.15, 0.2) is 6.29 Å². The SMILES string of the molecule is CC(=O)N[C@H]1[C@H](O[C@H]2CC[C@@]3(C)C(=CC[C@H]4[C@H]5CC[C@H]([C@@H](C)CCCC(C)C)[C@@]5(C)CC[C@H]43)C2)O[C@H](CO)[C@@H](O)[C@@H]1O. The van der Waals surface area contributed by atoms with Gasteiger partial charge in [-0.15, -0.1) is 0 Å². The highest BCUT2D eigenvalue weighted by atomic mass is 16.7. The summed E-state index contributed by atoms with van der Waals surface area (Å²) in [5.41, 5.74) is 2.18. The number of aliphatic hydroxyl groups is 3. The molecule has 5 rings (SSSR count). The summed E-state index contributed by atoms with van der Waals surface area (Å²) in [5, 5.41) is 33.5. The van der Waals surface area contributed by atoms with Gasteiger partial charge in [-0.1, -0.05) is 65.5 Å². The quantitative estimate of drug-likeness (QED) is 0.270. The van der Waals surface area contributed by atoms with Gasteiger partial charge in [0.05, 0.1) is 12.7 Å². The van der Waals surface area contributed by atoms with E-state index in [2.05, 4.69) is 46.0 Å². The largest absolute Gasteiger partial charge is 0.394 e. The second-order valence-electron chi connectivity index (χ2n) is 15.7. The molecular formula is C35H59NO6. The highest BCUT2D eigenvalue weighted by Crippen LogP contribution is 2.67. The van der Waals surface area contributed by atoms with Crippen molar-refractivity contribution in [2.75, 3.05) is 6.61 Å². The number of carbonyl (C=O) groups excluding carboxylic acids is 1. The summed E-state index contributed by atoms with van der Waals surface area (Å²) in [6, 6.07) is -0.891. The Balaban J connectivity index is 1.26. The molecule has 13 atom stereocenters. The molecule has 0 aromatic heterocycles. The zero-order chi connectivity index (χ0) is 30.4. The normalized spacial score (nSPS) is 45.9. The van der Waals surface area contributed by atoms with Gasteiger partial charge in [0.2, 0.25) is 5.91 Å². The molecule has 240 valence electrons. The standard InChI is InChI=1S/C35H59NO6/c1-20(2)8-7-9-21(3)26-12-13-27-25-11-10-23-18-24(14-16-34(23,5)28(25)15-17-35(26,27)6)41-33-30(36-22(4)38)32(40)31(39)29(19-37)42-33/h10,20-21,24-33,37,39-40H,7-9,11-19H2,1-6H3,(H,36,38)/t21-,24-,25-,26+,27+,28+,29+,30+,31+,32+,33+,34-,35+/m0/s1. The molecule has 0 unspecified atom stereocenters. The summed E-state index contributed by atoms with van der Waals surface area (Å²) in [7, 11) is 0. The fourth-order valence-electron chi connectivity index (χ4n) is 10.5. The van der Waals surface area contributed by atoms with Crippen LogP contribution in [0.2, 0.25) is 0 Å². The van der Waals surface area contributed by atoms with Crippen LogP contribution in [0.3, 0.4) is 0 Å². The van der Waals surface area contributed by atoms with E-state index in [1.807, 2.05) is 0 Å². The van der Waals surface area contributed by atoms with Crippen molar-refractivity contribution in [1.82, 2.24) is 5.32 Å². The van der Waals surface area contributed by atoms with Crippen LogP contribution in [0, 0.1) is 46.3 Å². The van der Waals surface area contributed by atoms with Crippen molar-refractivity contribution in [3.63, 3.8) is 0 Å². The molecule has 0 spiro atoms. The van der Waals surface area contributed by atoms with Crippen LogP contribution >= 0.6 is 0 Å². The third-order valence-electron chi connectivity index (χ3n) is 12.8. The lowest BCUT2D eigenvalue weighted by atomic mass is 9.47. The van der Waals surface area contributed by atoms with Crippen molar-refractivity contribution >= 4 is 5.91 Å². The molecule has 1 amide bonds. The number of nitrogens with one attached hydrogen (secondary N) is 1. The van der Waals surface area contributed by atoms with E-state index >= 15 is 0 Å². The smallest absolute Gasteiger partial charge is 0.217 e. The molecule has 7 nitrogen and oxygen atoms in total. The van der Waals surface area contributed by atoms with E-state index in [4.69, 9.17) is 9.47 Å². The number of hydrogen-bond acceptors (Lipinski definition) is 6. The molecule has 1 heterocycles. The topological polar surface area (TPSA) is 108 Å². The number of allylic oxidation sites excluding steroid dienone is 1. The van der Waals surface area contributed by atoms with Gasteiger partial charge in [0.1, 0.15) is 24.4 Å². The molecular weight excluding hydrogens is 530 g/mol. The van der Waals surface area contributed by atoms with E-state index in [9.17, 15) is 20.1 Å². The Morgan fingerprint density at radius 2 is 1.83 bits per heavy atom. The zero-order valence-corrected chi connectivity index (χ0v) is 27.1. The lowest BCUT2D eigenvalue weighted by molar-refractivity contribution is -0.284. The van der Waals surface area contributed by atoms with Crippen LogP contribution < -0.4 is 5.32 Å². The summed E-state index contributed by atoms with van der Waals surface area (Å²) >= 11 is 0. The van der Waals surface area contributed by atoms with E-state index in [0.29, 0.717) is 5.41 Å². The minimum absolute atomic E-state index is 0.0969. The zero-order valence-electron chi connectivity index (χ0n) is 27.1. The maximum Gasteiger partial charge on any atom is 0.217 e. The molecule has 0 aromatic rings. The van der Waals surface area contributed by atoms with Crippen LogP contribution in [0.15, 0.2) is 11.6 Å². The van der Waals surface area contributed by atoms with E-state index in [1.54, 1.807) is 0 Å². The van der Waals surface area contributed by atoms with Crippen molar-refractivity contribution in [3.05, 3.63) is 11.6 Å². The number of amides is 1. The summed E-state index contributed by atoms with van der Waals surface area (Å²) in [5.74, 6) is 4.48. The molecule has 4 fully saturated rings. The van der Waals surface area contributed by atoms with Gasteiger partial charge < -0.3 is 30.1 Å². The summed E-state index contributed by atoms with van der Waals surface area (Å²) < 4.78 is 12.3. The highest BCUT2D eigenvalue weighted by molar-refractivity contribution is 5.73. The molecule has 0 aromatic carbocycles. The third kappa shape index (κ3) is 5.99. The Bertz CT molecular complexity index is 985. The Kier molecular flexibility index (Phi) is 9.86. The van der Waals surface area contributed by atoms with Gasteiger partial charge in [-0.2, -0.15) is 0 Å². The Hall–Kier alpha value is -0.990. The average Bonchev–Trinajstić information content (AvgIpc) is 3.29. The second kappa shape index (κ2) is 12.8. The average molecular weight is 590 g/mol. The van der Waals surface area contributed by atoms with Crippen molar-refractivity contribution in [2.45, 2.75) is 149 Å². The first kappa shape index (κ1) is 32.4. The van der Waals surface area contributed by atoms with E-state index in [-0.39, 0.29) is 17.4 Å². The lowest BCUT2D eigenvalue weighted by Crippen LogP contribution is -2.65. The van der Waals surface area contributed by atoms with Gasteiger partial charge in [-0.05, 0) is 97.7 Å². The van der Waals surface area contributed by atoms with Crippen LogP contribution in [0.1, 0.15) is 112 Å². The van der Waals surface area contributed by atoms with Gasteiger partial charge in [0.25, 0.3) is 0 Å². The Morgan fingerprint density at radius 1 is 1.07 bits per heavy atom. The number of hydrogen-bond donors (Lipinski definition) is 4. The van der Waals surface area contributed by atoms with Crippen molar-refractivity contribution in [1.29, 1.82) is 0 Å².